The number of carboxylic acids is 1. The summed E-state index contributed by atoms with van der Waals surface area (Å²) in [5.74, 6) is 0.173. The van der Waals surface area contributed by atoms with Gasteiger partial charge in [0.1, 0.15) is 12.4 Å². The van der Waals surface area contributed by atoms with E-state index in [4.69, 9.17) is 4.74 Å². The van der Waals surface area contributed by atoms with E-state index < -0.39 is 24.6 Å². The molecule has 1 aliphatic rings. The molecule has 146 valence electrons. The molecule has 1 aliphatic carbocycles. The number of carbonyl (C=O) groups is 1. The van der Waals surface area contributed by atoms with E-state index in [9.17, 15) is 20.1 Å². The normalized spacial score (nSPS) is 17.0. The van der Waals surface area contributed by atoms with E-state index in [1.807, 2.05) is 6.92 Å². The fourth-order valence-corrected chi connectivity index (χ4v) is 3.94. The molecule has 0 bridgehead atoms. The van der Waals surface area contributed by atoms with Crippen LogP contribution < -0.4 is 39.4 Å². The number of ether oxygens (including phenoxy) is 1. The molecular formula is C21H31NaO5. The van der Waals surface area contributed by atoms with Crippen molar-refractivity contribution < 1.29 is 54.4 Å². The fourth-order valence-electron chi connectivity index (χ4n) is 3.94. The van der Waals surface area contributed by atoms with Crippen molar-refractivity contribution in [3.8, 4) is 5.75 Å². The summed E-state index contributed by atoms with van der Waals surface area (Å²) in [5, 5.41) is 30.2. The fraction of sp³-hybridized carbons (Fsp3) is 0.667. The van der Waals surface area contributed by atoms with Gasteiger partial charge in [-0.25, -0.2) is 0 Å². The number of carbonyl (C=O) groups excluding carboxylic acids is 1. The Morgan fingerprint density at radius 2 is 1.85 bits per heavy atom. The summed E-state index contributed by atoms with van der Waals surface area (Å²) in [6, 6.07) is 4.23. The molecule has 27 heavy (non-hydrogen) atoms. The van der Waals surface area contributed by atoms with Crippen molar-refractivity contribution in [2.24, 2.45) is 5.92 Å². The molecule has 2 atom stereocenters. The van der Waals surface area contributed by atoms with Crippen molar-refractivity contribution in [1.29, 1.82) is 0 Å². The summed E-state index contributed by atoms with van der Waals surface area (Å²) in [6.45, 7) is 4.11. The monoisotopic (exact) mass is 386 g/mol. The molecule has 5 nitrogen and oxygen atoms in total. The first-order valence-corrected chi connectivity index (χ1v) is 9.64. The average molecular weight is 386 g/mol. The molecule has 0 heterocycles. The predicted octanol–water partition coefficient (Wildman–Crippen LogP) is -0.939. The van der Waals surface area contributed by atoms with Crippen molar-refractivity contribution in [3.63, 3.8) is 0 Å². The van der Waals surface area contributed by atoms with Crippen LogP contribution in [0.3, 0.4) is 0 Å². The molecule has 0 saturated heterocycles. The molecule has 2 rings (SSSR count). The Hall–Kier alpha value is -0.590. The van der Waals surface area contributed by atoms with Crippen LogP contribution in [0.2, 0.25) is 0 Å². The van der Waals surface area contributed by atoms with E-state index in [1.165, 1.54) is 43.2 Å². The summed E-state index contributed by atoms with van der Waals surface area (Å²) in [4.78, 5) is 10.5. The van der Waals surface area contributed by atoms with Crippen LogP contribution in [-0.4, -0.2) is 35.0 Å². The molecule has 0 aromatic heterocycles. The third kappa shape index (κ3) is 8.53. The zero-order valence-electron chi connectivity index (χ0n) is 16.9. The molecule has 6 heteroatoms. The predicted molar refractivity (Wildman–Crippen MR) is 97.9 cm³/mol. The van der Waals surface area contributed by atoms with Crippen LogP contribution in [-0.2, 0) is 11.2 Å². The van der Waals surface area contributed by atoms with E-state index in [-0.39, 0.29) is 42.6 Å². The second-order valence-electron chi connectivity index (χ2n) is 7.71. The maximum Gasteiger partial charge on any atom is 1.00 e. The van der Waals surface area contributed by atoms with Gasteiger partial charge in [-0.1, -0.05) is 49.8 Å². The summed E-state index contributed by atoms with van der Waals surface area (Å²) >= 11 is 0. The minimum atomic E-state index is -1.32. The van der Waals surface area contributed by atoms with Crippen molar-refractivity contribution >= 4 is 5.97 Å². The largest absolute Gasteiger partial charge is 1.00 e. The van der Waals surface area contributed by atoms with Gasteiger partial charge in [0.25, 0.3) is 0 Å². The number of hydrogen-bond donors (Lipinski definition) is 2. The molecule has 0 amide bonds. The van der Waals surface area contributed by atoms with Gasteiger partial charge in [0.2, 0.25) is 0 Å². The van der Waals surface area contributed by atoms with Crippen LogP contribution in [0.1, 0.15) is 61.6 Å². The standard InChI is InChI=1S/C21H32O5.Na/c1-14-8-15(2)21(17(9-14)10-16-6-4-3-5-7-16)26-13-19(23)11-18(22)12-20(24)25;/h8-9,16,18-19,22-23H,3-7,10-13H2,1-2H3,(H,24,25);/q;+1/p-1/t18-,19?;/m1./s1. The van der Waals surface area contributed by atoms with Gasteiger partial charge in [0.05, 0.1) is 12.2 Å². The Labute approximate surface area is 184 Å². The molecule has 0 radical (unpaired) electrons. The van der Waals surface area contributed by atoms with Gasteiger partial charge in [-0.15, -0.1) is 0 Å². The summed E-state index contributed by atoms with van der Waals surface area (Å²) in [7, 11) is 0. The number of aryl methyl sites for hydroxylation is 2. The first-order valence-electron chi connectivity index (χ1n) is 9.64. The van der Waals surface area contributed by atoms with Crippen LogP contribution >= 0.6 is 0 Å². The van der Waals surface area contributed by atoms with Gasteiger partial charge in [0.15, 0.2) is 0 Å². The second kappa shape index (κ2) is 12.1. The van der Waals surface area contributed by atoms with Gasteiger partial charge in [0, 0.05) is 18.8 Å². The number of benzene rings is 1. The summed E-state index contributed by atoms with van der Waals surface area (Å²) in [5.41, 5.74) is 3.42. The Bertz CT molecular complexity index is 598. The number of carboxylic acid groups (broad SMARTS) is 1. The molecule has 1 saturated carbocycles. The average Bonchev–Trinajstić information content (AvgIpc) is 2.54. The molecule has 1 aromatic rings. The molecule has 1 unspecified atom stereocenters. The number of rotatable bonds is 9. The first kappa shape index (κ1) is 24.4. The smallest absolute Gasteiger partial charge is 0.550 e. The van der Waals surface area contributed by atoms with Gasteiger partial charge in [-0.2, -0.15) is 0 Å². The number of aliphatic carboxylic acids is 1. The molecule has 1 aromatic carbocycles. The van der Waals surface area contributed by atoms with Crippen LogP contribution in [0.4, 0.5) is 0 Å². The summed E-state index contributed by atoms with van der Waals surface area (Å²) in [6.07, 6.45) is 4.83. The van der Waals surface area contributed by atoms with Gasteiger partial charge < -0.3 is 24.9 Å². The van der Waals surface area contributed by atoms with Crippen molar-refractivity contribution in [2.45, 2.75) is 77.4 Å². The summed E-state index contributed by atoms with van der Waals surface area (Å²) < 4.78 is 5.91. The molecular weight excluding hydrogens is 355 g/mol. The Morgan fingerprint density at radius 1 is 1.19 bits per heavy atom. The zero-order valence-corrected chi connectivity index (χ0v) is 18.9. The first-order chi connectivity index (χ1) is 12.3. The van der Waals surface area contributed by atoms with E-state index in [1.54, 1.807) is 0 Å². The minimum Gasteiger partial charge on any atom is -0.550 e. The topological polar surface area (TPSA) is 89.8 Å². The quantitative estimate of drug-likeness (QED) is 0.535. The van der Waals surface area contributed by atoms with Crippen LogP contribution in [0.5, 0.6) is 5.75 Å². The maximum atomic E-state index is 10.5. The van der Waals surface area contributed by atoms with E-state index in [0.717, 1.165) is 17.7 Å². The van der Waals surface area contributed by atoms with E-state index >= 15 is 0 Å². The SMILES string of the molecule is Cc1cc(C)c(OCC(O)C[C@@H](O)CC(=O)[O-])c(CC2CCCCC2)c1.[Na+]. The third-order valence-corrected chi connectivity index (χ3v) is 5.10. The van der Waals surface area contributed by atoms with E-state index in [2.05, 4.69) is 19.1 Å². The van der Waals surface area contributed by atoms with Gasteiger partial charge >= 0.3 is 29.6 Å². The number of aliphatic hydroxyl groups excluding tert-OH is 2. The van der Waals surface area contributed by atoms with Crippen LogP contribution in [0.15, 0.2) is 12.1 Å². The van der Waals surface area contributed by atoms with Crippen molar-refractivity contribution in [1.82, 2.24) is 0 Å². The molecule has 2 N–H and O–H groups in total. The number of aliphatic hydroxyl groups is 2. The van der Waals surface area contributed by atoms with Crippen molar-refractivity contribution in [3.05, 3.63) is 28.8 Å². The molecule has 0 spiro atoms. The third-order valence-electron chi connectivity index (χ3n) is 5.10. The van der Waals surface area contributed by atoms with Crippen molar-refractivity contribution in [2.75, 3.05) is 6.61 Å². The van der Waals surface area contributed by atoms with Crippen LogP contribution in [0, 0.1) is 19.8 Å². The molecule has 0 aliphatic heterocycles. The minimum absolute atomic E-state index is 0. The zero-order chi connectivity index (χ0) is 19.1. The van der Waals surface area contributed by atoms with Crippen LogP contribution in [0.25, 0.3) is 0 Å². The maximum absolute atomic E-state index is 10.5. The van der Waals surface area contributed by atoms with Gasteiger partial charge in [-0.3, -0.25) is 0 Å². The second-order valence-corrected chi connectivity index (χ2v) is 7.71. The number of hydrogen-bond acceptors (Lipinski definition) is 5. The van der Waals surface area contributed by atoms with Gasteiger partial charge in [-0.05, 0) is 37.3 Å². The Kier molecular flexibility index (Phi) is 10.9. The molecule has 1 fully saturated rings. The van der Waals surface area contributed by atoms with E-state index in [0.29, 0.717) is 5.92 Å². The Balaban J connectivity index is 0.00000364. The Morgan fingerprint density at radius 3 is 2.48 bits per heavy atom.